The van der Waals surface area contributed by atoms with Crippen molar-refractivity contribution in [1.29, 1.82) is 0 Å². The maximum Gasteiger partial charge on any atom is 0.260 e. The number of oxazole rings is 1. The van der Waals surface area contributed by atoms with Gasteiger partial charge in [-0.05, 0) is 43.4 Å². The van der Waals surface area contributed by atoms with Crippen molar-refractivity contribution in [3.63, 3.8) is 0 Å². The van der Waals surface area contributed by atoms with Crippen molar-refractivity contribution in [3.05, 3.63) is 30.3 Å². The first kappa shape index (κ1) is 17.9. The highest BCUT2D eigenvalue weighted by Gasteiger charge is 2.25. The first-order valence-corrected chi connectivity index (χ1v) is 9.33. The van der Waals surface area contributed by atoms with Crippen molar-refractivity contribution in [2.75, 3.05) is 40.0 Å². The van der Waals surface area contributed by atoms with E-state index in [4.69, 9.17) is 18.6 Å². The van der Waals surface area contributed by atoms with Gasteiger partial charge in [0.2, 0.25) is 0 Å². The Bertz CT molecular complexity index is 793. The zero-order valence-electron chi connectivity index (χ0n) is 15.5. The van der Waals surface area contributed by atoms with Crippen molar-refractivity contribution >= 4 is 5.91 Å². The molecule has 1 aromatic carbocycles. The van der Waals surface area contributed by atoms with E-state index in [1.54, 1.807) is 12.0 Å². The topological polar surface area (TPSA) is 74.0 Å². The van der Waals surface area contributed by atoms with Crippen molar-refractivity contribution < 1.29 is 23.4 Å². The Labute approximate surface area is 158 Å². The lowest BCUT2D eigenvalue weighted by molar-refractivity contribution is -0.137. The molecular weight excluding hydrogens is 348 g/mol. The minimum Gasteiger partial charge on any atom is -0.493 e. The van der Waals surface area contributed by atoms with E-state index >= 15 is 0 Å². The van der Waals surface area contributed by atoms with Crippen LogP contribution in [0.25, 0.3) is 11.3 Å². The molecule has 2 aliphatic rings. The molecule has 2 aromatic rings. The molecule has 0 bridgehead atoms. The van der Waals surface area contributed by atoms with Gasteiger partial charge in [0, 0.05) is 18.7 Å². The number of nitrogens with zero attached hydrogens (tertiary/aromatic N) is 2. The summed E-state index contributed by atoms with van der Waals surface area (Å²) in [5.74, 6) is 2.55. The van der Waals surface area contributed by atoms with Gasteiger partial charge in [0.05, 0.1) is 26.0 Å². The average Bonchev–Trinajstić information content (AvgIpc) is 3.41. The number of hydrogen-bond acceptors (Lipinski definition) is 6. The number of benzene rings is 1. The molecular formula is C20H24N2O5. The predicted octanol–water partition coefficient (Wildman–Crippen LogP) is 2.54. The van der Waals surface area contributed by atoms with Gasteiger partial charge in [-0.3, -0.25) is 4.79 Å². The Balaban J connectivity index is 1.45. The van der Waals surface area contributed by atoms with E-state index < -0.39 is 0 Å². The van der Waals surface area contributed by atoms with E-state index in [0.29, 0.717) is 37.8 Å². The van der Waals surface area contributed by atoms with Crippen LogP contribution in [0.1, 0.15) is 18.5 Å². The van der Waals surface area contributed by atoms with Crippen LogP contribution in [0.5, 0.6) is 11.5 Å². The number of carbonyl (C=O) groups excluding carboxylic acids is 1. The van der Waals surface area contributed by atoms with Gasteiger partial charge in [0.15, 0.2) is 30.3 Å². The molecule has 1 amide bonds. The van der Waals surface area contributed by atoms with Gasteiger partial charge in [-0.15, -0.1) is 0 Å². The van der Waals surface area contributed by atoms with E-state index in [9.17, 15) is 4.79 Å². The molecule has 2 fully saturated rings. The van der Waals surface area contributed by atoms with Crippen LogP contribution < -0.4 is 9.47 Å². The summed E-state index contributed by atoms with van der Waals surface area (Å²) in [6.07, 6.45) is 4.96. The second kappa shape index (κ2) is 8.00. The maximum absolute atomic E-state index is 12.3. The van der Waals surface area contributed by atoms with Crippen molar-refractivity contribution in [1.82, 2.24) is 9.88 Å². The molecule has 1 saturated carbocycles. The summed E-state index contributed by atoms with van der Waals surface area (Å²) in [5.41, 5.74) is 1.88. The lowest BCUT2D eigenvalue weighted by atomic mass is 10.1. The normalized spacial score (nSPS) is 17.0. The summed E-state index contributed by atoms with van der Waals surface area (Å²) in [6, 6.07) is 5.59. The van der Waals surface area contributed by atoms with Crippen LogP contribution in [-0.2, 0) is 16.0 Å². The minimum atomic E-state index is -0.0496. The summed E-state index contributed by atoms with van der Waals surface area (Å²) in [5, 5.41) is 0. The third-order valence-electron chi connectivity index (χ3n) is 4.96. The Hall–Kier alpha value is -2.54. The van der Waals surface area contributed by atoms with E-state index in [-0.39, 0.29) is 12.5 Å². The van der Waals surface area contributed by atoms with E-state index in [0.717, 1.165) is 29.4 Å². The van der Waals surface area contributed by atoms with Crippen LogP contribution in [0, 0.1) is 5.92 Å². The fraction of sp³-hybridized carbons (Fsp3) is 0.500. The SMILES string of the molecule is COc1cc(-c2ocnc2CC2CC2)ccc1OCC(=O)N1CCOCC1. The van der Waals surface area contributed by atoms with Gasteiger partial charge >= 0.3 is 0 Å². The second-order valence-electron chi connectivity index (χ2n) is 6.92. The van der Waals surface area contributed by atoms with Crippen LogP contribution in [0.2, 0.25) is 0 Å². The largest absolute Gasteiger partial charge is 0.493 e. The molecule has 4 rings (SSSR count). The molecule has 7 nitrogen and oxygen atoms in total. The number of methoxy groups -OCH3 is 1. The Morgan fingerprint density at radius 3 is 2.81 bits per heavy atom. The molecule has 0 spiro atoms. The van der Waals surface area contributed by atoms with Gasteiger partial charge in [-0.2, -0.15) is 0 Å². The van der Waals surface area contributed by atoms with Gasteiger partial charge in [0.1, 0.15) is 0 Å². The van der Waals surface area contributed by atoms with Crippen LogP contribution in [0.4, 0.5) is 0 Å². The number of amides is 1. The minimum absolute atomic E-state index is 0.0229. The zero-order valence-corrected chi connectivity index (χ0v) is 15.5. The molecule has 0 N–H and O–H groups in total. The van der Waals surface area contributed by atoms with Crippen LogP contribution in [0.15, 0.2) is 29.0 Å². The van der Waals surface area contributed by atoms with Gasteiger partial charge in [0.25, 0.3) is 5.91 Å². The summed E-state index contributed by atoms with van der Waals surface area (Å²) >= 11 is 0. The highest BCUT2D eigenvalue weighted by molar-refractivity contribution is 5.78. The third kappa shape index (κ3) is 4.24. The monoisotopic (exact) mass is 372 g/mol. The lowest BCUT2D eigenvalue weighted by Crippen LogP contribution is -2.43. The Kier molecular flexibility index (Phi) is 5.29. The molecule has 1 aliphatic carbocycles. The third-order valence-corrected chi connectivity index (χ3v) is 4.96. The van der Waals surface area contributed by atoms with E-state index in [1.807, 2.05) is 18.2 Å². The standard InChI is InChI=1S/C20H24N2O5/c1-24-18-11-15(20-16(21-13-27-20)10-14-2-3-14)4-5-17(18)26-12-19(23)22-6-8-25-9-7-22/h4-5,11,13-14H,2-3,6-10,12H2,1H3. The van der Waals surface area contributed by atoms with E-state index in [2.05, 4.69) is 4.98 Å². The predicted molar refractivity (Wildman–Crippen MR) is 97.8 cm³/mol. The fourth-order valence-electron chi connectivity index (χ4n) is 3.22. The fourth-order valence-corrected chi connectivity index (χ4v) is 3.22. The molecule has 0 radical (unpaired) electrons. The van der Waals surface area contributed by atoms with Crippen molar-refractivity contribution in [3.8, 4) is 22.8 Å². The first-order valence-electron chi connectivity index (χ1n) is 9.33. The zero-order chi connectivity index (χ0) is 18.6. The maximum atomic E-state index is 12.3. The Morgan fingerprint density at radius 1 is 1.26 bits per heavy atom. The highest BCUT2D eigenvalue weighted by Crippen LogP contribution is 2.37. The van der Waals surface area contributed by atoms with Crippen LogP contribution >= 0.6 is 0 Å². The molecule has 27 heavy (non-hydrogen) atoms. The molecule has 1 aromatic heterocycles. The summed E-state index contributed by atoms with van der Waals surface area (Å²) in [7, 11) is 1.58. The summed E-state index contributed by atoms with van der Waals surface area (Å²) in [6.45, 7) is 2.33. The molecule has 0 atom stereocenters. The summed E-state index contributed by atoms with van der Waals surface area (Å²) < 4.78 is 22.1. The van der Waals surface area contributed by atoms with Gasteiger partial charge in [-0.25, -0.2) is 4.98 Å². The number of aromatic nitrogens is 1. The summed E-state index contributed by atoms with van der Waals surface area (Å²) in [4.78, 5) is 18.4. The van der Waals surface area contributed by atoms with Gasteiger partial charge < -0.3 is 23.5 Å². The smallest absolute Gasteiger partial charge is 0.260 e. The Morgan fingerprint density at radius 2 is 2.07 bits per heavy atom. The van der Waals surface area contributed by atoms with E-state index in [1.165, 1.54) is 19.2 Å². The number of ether oxygens (including phenoxy) is 3. The lowest BCUT2D eigenvalue weighted by Gasteiger charge is -2.26. The van der Waals surface area contributed by atoms with Crippen molar-refractivity contribution in [2.45, 2.75) is 19.3 Å². The first-order chi connectivity index (χ1) is 13.2. The average molecular weight is 372 g/mol. The highest BCUT2D eigenvalue weighted by atomic mass is 16.5. The van der Waals surface area contributed by atoms with Crippen LogP contribution in [-0.4, -0.2) is 55.8 Å². The molecule has 1 saturated heterocycles. The molecule has 0 unspecified atom stereocenters. The van der Waals surface area contributed by atoms with Gasteiger partial charge in [-0.1, -0.05) is 0 Å². The molecule has 7 heteroatoms. The molecule has 1 aliphatic heterocycles. The van der Waals surface area contributed by atoms with Crippen molar-refractivity contribution in [2.24, 2.45) is 5.92 Å². The van der Waals surface area contributed by atoms with Crippen LogP contribution in [0.3, 0.4) is 0 Å². The number of rotatable bonds is 7. The quantitative estimate of drug-likeness (QED) is 0.744. The second-order valence-corrected chi connectivity index (χ2v) is 6.92. The number of morpholine rings is 1. The molecule has 144 valence electrons. The number of carbonyl (C=O) groups is 1. The number of hydrogen-bond donors (Lipinski definition) is 0. The molecule has 2 heterocycles.